The highest BCUT2D eigenvalue weighted by Crippen LogP contribution is 2.20. The smallest absolute Gasteiger partial charge is 0.308 e. The molecule has 0 saturated carbocycles. The van der Waals surface area contributed by atoms with Crippen molar-refractivity contribution in [2.24, 2.45) is 11.8 Å². The summed E-state index contributed by atoms with van der Waals surface area (Å²) in [5, 5.41) is 9.18. The van der Waals surface area contributed by atoms with Crippen LogP contribution in [-0.2, 0) is 23.9 Å². The number of rotatable bonds is 21. The molecule has 0 aliphatic heterocycles. The molecule has 0 aromatic rings. The summed E-state index contributed by atoms with van der Waals surface area (Å²) in [6.45, 7) is 6.68. The summed E-state index contributed by atoms with van der Waals surface area (Å²) < 4.78 is 10.7. The lowest BCUT2D eigenvalue weighted by molar-refractivity contribution is -0.151. The summed E-state index contributed by atoms with van der Waals surface area (Å²) >= 11 is 0. The fourth-order valence-electron chi connectivity index (χ4n) is 3.47. The van der Waals surface area contributed by atoms with Gasteiger partial charge in [-0.1, -0.05) is 85.0 Å². The van der Waals surface area contributed by atoms with Gasteiger partial charge in [-0.15, -0.1) is 0 Å². The van der Waals surface area contributed by atoms with Crippen LogP contribution in [0.15, 0.2) is 0 Å². The minimum Gasteiger partial charge on any atom is -0.481 e. The molecule has 6 heteroatoms. The van der Waals surface area contributed by atoms with E-state index in [9.17, 15) is 19.5 Å². The molecule has 0 radical (unpaired) electrons. The van der Waals surface area contributed by atoms with Gasteiger partial charge in [-0.2, -0.15) is 0 Å². The molecular formula is C25H46O6. The second-order valence-corrected chi connectivity index (χ2v) is 8.63. The van der Waals surface area contributed by atoms with Crippen molar-refractivity contribution in [3.8, 4) is 0 Å². The Morgan fingerprint density at radius 3 is 1.74 bits per heavy atom. The van der Waals surface area contributed by atoms with E-state index in [0.717, 1.165) is 38.5 Å². The number of esters is 2. The third-order valence-corrected chi connectivity index (χ3v) is 5.59. The van der Waals surface area contributed by atoms with Crippen molar-refractivity contribution >= 4 is 17.9 Å². The molecule has 0 aliphatic carbocycles. The molecule has 0 saturated heterocycles. The molecule has 0 fully saturated rings. The molecule has 2 atom stereocenters. The van der Waals surface area contributed by atoms with Crippen molar-refractivity contribution in [2.75, 3.05) is 13.2 Å². The van der Waals surface area contributed by atoms with Crippen LogP contribution in [0.25, 0.3) is 0 Å². The maximum absolute atomic E-state index is 12.5. The highest BCUT2D eigenvalue weighted by atomic mass is 16.5. The Morgan fingerprint density at radius 2 is 1.23 bits per heavy atom. The zero-order valence-corrected chi connectivity index (χ0v) is 20.2. The third-order valence-electron chi connectivity index (χ3n) is 5.59. The second kappa shape index (κ2) is 20.3. The van der Waals surface area contributed by atoms with Gasteiger partial charge in [0.2, 0.25) is 0 Å². The van der Waals surface area contributed by atoms with E-state index in [2.05, 4.69) is 13.8 Å². The Balaban J connectivity index is 4.24. The molecule has 31 heavy (non-hydrogen) atoms. The van der Waals surface area contributed by atoms with Gasteiger partial charge in [-0.25, -0.2) is 0 Å². The quantitative estimate of drug-likeness (QED) is 0.166. The lowest BCUT2D eigenvalue weighted by Crippen LogP contribution is -2.24. The average Bonchev–Trinajstić information content (AvgIpc) is 2.74. The monoisotopic (exact) mass is 442 g/mol. The van der Waals surface area contributed by atoms with Crippen molar-refractivity contribution in [3.05, 3.63) is 0 Å². The van der Waals surface area contributed by atoms with Gasteiger partial charge in [-0.05, 0) is 25.7 Å². The summed E-state index contributed by atoms with van der Waals surface area (Å²) in [4.78, 5) is 35.7. The lowest BCUT2D eigenvalue weighted by atomic mass is 9.92. The van der Waals surface area contributed by atoms with Gasteiger partial charge in [0, 0.05) is 6.42 Å². The molecule has 0 aromatic heterocycles. The van der Waals surface area contributed by atoms with E-state index < -0.39 is 23.8 Å². The summed E-state index contributed by atoms with van der Waals surface area (Å²) in [5.41, 5.74) is 0. The predicted molar refractivity (Wildman–Crippen MR) is 123 cm³/mol. The van der Waals surface area contributed by atoms with Gasteiger partial charge in [0.15, 0.2) is 0 Å². The first-order chi connectivity index (χ1) is 14.9. The largest absolute Gasteiger partial charge is 0.481 e. The van der Waals surface area contributed by atoms with Gasteiger partial charge >= 0.3 is 17.9 Å². The number of hydrogen-bond donors (Lipinski definition) is 1. The van der Waals surface area contributed by atoms with E-state index in [4.69, 9.17) is 9.47 Å². The van der Waals surface area contributed by atoms with Gasteiger partial charge in [0.25, 0.3) is 0 Å². The zero-order chi connectivity index (χ0) is 23.3. The van der Waals surface area contributed by atoms with Crippen LogP contribution in [0.3, 0.4) is 0 Å². The van der Waals surface area contributed by atoms with E-state index in [1.54, 1.807) is 6.92 Å². The number of carboxylic acids is 1. The first kappa shape index (κ1) is 29.4. The summed E-state index contributed by atoms with van der Waals surface area (Å²) in [7, 11) is 0. The molecule has 2 unspecified atom stereocenters. The Morgan fingerprint density at radius 1 is 0.742 bits per heavy atom. The number of carbonyl (C=O) groups is 3. The van der Waals surface area contributed by atoms with Crippen LogP contribution in [-0.4, -0.2) is 36.2 Å². The highest BCUT2D eigenvalue weighted by Gasteiger charge is 2.26. The van der Waals surface area contributed by atoms with Crippen molar-refractivity contribution < 1.29 is 29.0 Å². The standard InChI is InChI=1S/C25H46O6/c1-4-6-8-10-12-14-18-30-23(26)17-16-22(20-21(3)24(27)28)25(29)31-19-15-13-11-9-7-5-2/h21-22H,4-20H2,1-3H3,(H,27,28). The summed E-state index contributed by atoms with van der Waals surface area (Å²) in [6.07, 6.45) is 13.9. The topological polar surface area (TPSA) is 89.9 Å². The molecule has 0 aliphatic rings. The number of aliphatic carboxylic acids is 1. The third kappa shape index (κ3) is 17.8. The lowest BCUT2D eigenvalue weighted by Gasteiger charge is -2.18. The number of carbonyl (C=O) groups excluding carboxylic acids is 2. The minimum absolute atomic E-state index is 0.110. The first-order valence-corrected chi connectivity index (χ1v) is 12.5. The summed E-state index contributed by atoms with van der Waals surface area (Å²) in [6, 6.07) is 0. The molecule has 0 bridgehead atoms. The average molecular weight is 443 g/mol. The van der Waals surface area contributed by atoms with Gasteiger partial charge in [0.1, 0.15) is 0 Å². The molecule has 6 nitrogen and oxygen atoms in total. The maximum Gasteiger partial charge on any atom is 0.308 e. The molecular weight excluding hydrogens is 396 g/mol. The van der Waals surface area contributed by atoms with Gasteiger partial charge in [-0.3, -0.25) is 14.4 Å². The van der Waals surface area contributed by atoms with Crippen LogP contribution in [0.4, 0.5) is 0 Å². The Hall–Kier alpha value is -1.59. The molecule has 0 spiro atoms. The van der Waals surface area contributed by atoms with Crippen LogP contribution in [0.5, 0.6) is 0 Å². The molecule has 182 valence electrons. The number of carboxylic acid groups (broad SMARTS) is 1. The van der Waals surface area contributed by atoms with Crippen molar-refractivity contribution in [1.29, 1.82) is 0 Å². The van der Waals surface area contributed by atoms with Crippen molar-refractivity contribution in [1.82, 2.24) is 0 Å². The van der Waals surface area contributed by atoms with Crippen LogP contribution < -0.4 is 0 Å². The maximum atomic E-state index is 12.5. The first-order valence-electron chi connectivity index (χ1n) is 12.5. The Labute approximate surface area is 189 Å². The van der Waals surface area contributed by atoms with Crippen LogP contribution >= 0.6 is 0 Å². The number of ether oxygens (including phenoxy) is 2. The highest BCUT2D eigenvalue weighted by molar-refractivity contribution is 5.76. The van der Waals surface area contributed by atoms with Crippen LogP contribution in [0.1, 0.15) is 117 Å². The molecule has 0 amide bonds. The van der Waals surface area contributed by atoms with Gasteiger partial charge in [0.05, 0.1) is 25.0 Å². The predicted octanol–water partition coefficient (Wildman–Crippen LogP) is 6.30. The van der Waals surface area contributed by atoms with E-state index in [0.29, 0.717) is 13.2 Å². The van der Waals surface area contributed by atoms with Crippen LogP contribution in [0, 0.1) is 11.8 Å². The fourth-order valence-corrected chi connectivity index (χ4v) is 3.47. The Kier molecular flexibility index (Phi) is 19.3. The number of hydrogen-bond acceptors (Lipinski definition) is 5. The normalized spacial score (nSPS) is 12.9. The van der Waals surface area contributed by atoms with E-state index in [1.165, 1.54) is 38.5 Å². The minimum atomic E-state index is -0.945. The second-order valence-electron chi connectivity index (χ2n) is 8.63. The van der Waals surface area contributed by atoms with E-state index >= 15 is 0 Å². The van der Waals surface area contributed by atoms with E-state index in [1.807, 2.05) is 0 Å². The van der Waals surface area contributed by atoms with Crippen molar-refractivity contribution in [3.63, 3.8) is 0 Å². The van der Waals surface area contributed by atoms with Crippen LogP contribution in [0.2, 0.25) is 0 Å². The SMILES string of the molecule is CCCCCCCCOC(=O)CCC(CC(C)C(=O)O)C(=O)OCCCCCCCC. The number of unbranched alkanes of at least 4 members (excludes halogenated alkanes) is 10. The van der Waals surface area contributed by atoms with E-state index in [-0.39, 0.29) is 25.2 Å². The summed E-state index contributed by atoms with van der Waals surface area (Å²) in [5.74, 6) is -2.92. The van der Waals surface area contributed by atoms with Crippen molar-refractivity contribution in [2.45, 2.75) is 117 Å². The molecule has 0 rings (SSSR count). The van der Waals surface area contributed by atoms with Gasteiger partial charge < -0.3 is 14.6 Å². The fraction of sp³-hybridized carbons (Fsp3) is 0.880. The molecule has 0 heterocycles. The molecule has 1 N–H and O–H groups in total. The molecule has 0 aromatic carbocycles. The Bertz CT molecular complexity index is 477. The zero-order valence-electron chi connectivity index (χ0n) is 20.2.